The number of sulfonamides is 1. The fourth-order valence-electron chi connectivity index (χ4n) is 2.53. The van der Waals surface area contributed by atoms with Gasteiger partial charge in [0.25, 0.3) is 5.91 Å². The van der Waals surface area contributed by atoms with E-state index in [4.69, 9.17) is 4.74 Å². The standard InChI is InChI=1S/C20H26N2O4S/c1-4-17-6-8-18(9-7-17)27(24,25)22-12-11-21-20(23)14-26-19-10-5-15(2)13-16(19)3/h5-10,13,22H,4,11-12,14H2,1-3H3,(H,21,23). The van der Waals surface area contributed by atoms with Crippen LogP contribution in [0.25, 0.3) is 0 Å². The van der Waals surface area contributed by atoms with E-state index in [1.54, 1.807) is 24.3 Å². The second-order valence-corrected chi connectivity index (χ2v) is 8.07. The molecule has 0 heterocycles. The summed E-state index contributed by atoms with van der Waals surface area (Å²) >= 11 is 0. The molecule has 27 heavy (non-hydrogen) atoms. The maximum Gasteiger partial charge on any atom is 0.257 e. The highest BCUT2D eigenvalue weighted by Gasteiger charge is 2.13. The lowest BCUT2D eigenvalue weighted by Crippen LogP contribution is -2.36. The van der Waals surface area contributed by atoms with Crippen LogP contribution in [0.2, 0.25) is 0 Å². The molecular weight excluding hydrogens is 364 g/mol. The van der Waals surface area contributed by atoms with E-state index >= 15 is 0 Å². The number of nitrogens with one attached hydrogen (secondary N) is 2. The van der Waals surface area contributed by atoms with Crippen LogP contribution < -0.4 is 14.8 Å². The van der Waals surface area contributed by atoms with Crippen LogP contribution in [0.4, 0.5) is 0 Å². The molecule has 2 aromatic rings. The molecule has 2 N–H and O–H groups in total. The third-order valence-electron chi connectivity index (χ3n) is 4.07. The van der Waals surface area contributed by atoms with Crippen LogP contribution in [0, 0.1) is 13.8 Å². The Morgan fingerprint density at radius 3 is 2.37 bits per heavy atom. The number of amides is 1. The van der Waals surface area contributed by atoms with Crippen LogP contribution in [0.1, 0.15) is 23.6 Å². The van der Waals surface area contributed by atoms with E-state index in [-0.39, 0.29) is 30.5 Å². The van der Waals surface area contributed by atoms with E-state index in [1.165, 1.54) is 0 Å². The maximum absolute atomic E-state index is 12.2. The third-order valence-corrected chi connectivity index (χ3v) is 5.55. The van der Waals surface area contributed by atoms with Gasteiger partial charge in [-0.05, 0) is 49.6 Å². The van der Waals surface area contributed by atoms with Gasteiger partial charge >= 0.3 is 0 Å². The molecule has 0 saturated carbocycles. The first kappa shape index (κ1) is 20.9. The SMILES string of the molecule is CCc1ccc(S(=O)(=O)NCCNC(=O)COc2ccc(C)cc2C)cc1. The number of hydrogen-bond acceptors (Lipinski definition) is 4. The van der Waals surface area contributed by atoms with Crippen LogP contribution >= 0.6 is 0 Å². The summed E-state index contributed by atoms with van der Waals surface area (Å²) in [4.78, 5) is 12.1. The Kier molecular flexibility index (Phi) is 7.38. The Hall–Kier alpha value is -2.38. The van der Waals surface area contributed by atoms with E-state index in [9.17, 15) is 13.2 Å². The van der Waals surface area contributed by atoms with Crippen molar-refractivity contribution in [3.63, 3.8) is 0 Å². The zero-order valence-corrected chi connectivity index (χ0v) is 16.7. The molecule has 0 aliphatic heterocycles. The van der Waals surface area contributed by atoms with Gasteiger partial charge in [0.15, 0.2) is 6.61 Å². The zero-order valence-electron chi connectivity index (χ0n) is 15.9. The topological polar surface area (TPSA) is 84.5 Å². The van der Waals surface area contributed by atoms with Crippen LogP contribution in [0.3, 0.4) is 0 Å². The molecule has 0 bridgehead atoms. The highest BCUT2D eigenvalue weighted by molar-refractivity contribution is 7.89. The summed E-state index contributed by atoms with van der Waals surface area (Å²) in [7, 11) is -3.58. The molecule has 2 rings (SSSR count). The van der Waals surface area contributed by atoms with Crippen molar-refractivity contribution in [2.24, 2.45) is 0 Å². The first-order chi connectivity index (χ1) is 12.8. The number of benzene rings is 2. The zero-order chi connectivity index (χ0) is 19.9. The molecule has 0 fully saturated rings. The highest BCUT2D eigenvalue weighted by Crippen LogP contribution is 2.18. The summed E-state index contributed by atoms with van der Waals surface area (Å²) in [6, 6.07) is 12.5. The van der Waals surface area contributed by atoms with Crippen LogP contribution in [-0.4, -0.2) is 34.0 Å². The van der Waals surface area contributed by atoms with E-state index in [0.717, 1.165) is 23.1 Å². The van der Waals surface area contributed by atoms with E-state index < -0.39 is 10.0 Å². The minimum Gasteiger partial charge on any atom is -0.484 e. The van der Waals surface area contributed by atoms with E-state index in [2.05, 4.69) is 10.0 Å². The van der Waals surface area contributed by atoms with Crippen molar-refractivity contribution in [2.75, 3.05) is 19.7 Å². The number of hydrogen-bond donors (Lipinski definition) is 2. The van der Waals surface area contributed by atoms with Crippen molar-refractivity contribution in [1.82, 2.24) is 10.0 Å². The normalized spacial score (nSPS) is 11.2. The number of ether oxygens (including phenoxy) is 1. The van der Waals surface area contributed by atoms with Gasteiger partial charge in [0.1, 0.15) is 5.75 Å². The molecule has 0 aliphatic rings. The molecule has 0 atom stereocenters. The summed E-state index contributed by atoms with van der Waals surface area (Å²) in [6.45, 7) is 6.09. The first-order valence-electron chi connectivity index (χ1n) is 8.87. The molecule has 0 aromatic heterocycles. The smallest absolute Gasteiger partial charge is 0.257 e. The van der Waals surface area contributed by atoms with Gasteiger partial charge in [-0.1, -0.05) is 36.8 Å². The highest BCUT2D eigenvalue weighted by atomic mass is 32.2. The molecule has 7 heteroatoms. The van der Waals surface area contributed by atoms with Crippen molar-refractivity contribution in [2.45, 2.75) is 32.1 Å². The lowest BCUT2D eigenvalue weighted by atomic mass is 10.1. The summed E-state index contributed by atoms with van der Waals surface area (Å²) in [5.41, 5.74) is 3.16. The molecule has 146 valence electrons. The van der Waals surface area contributed by atoms with Gasteiger partial charge in [0, 0.05) is 13.1 Å². The molecule has 0 spiro atoms. The molecule has 1 amide bonds. The fraction of sp³-hybridized carbons (Fsp3) is 0.350. The van der Waals surface area contributed by atoms with Gasteiger partial charge in [-0.2, -0.15) is 0 Å². The predicted molar refractivity (Wildman–Crippen MR) is 105 cm³/mol. The van der Waals surface area contributed by atoms with Crippen molar-refractivity contribution in [3.05, 3.63) is 59.2 Å². The van der Waals surface area contributed by atoms with E-state index in [0.29, 0.717) is 5.75 Å². The van der Waals surface area contributed by atoms with Crippen molar-refractivity contribution in [3.8, 4) is 5.75 Å². The first-order valence-corrected chi connectivity index (χ1v) is 10.4. The van der Waals surface area contributed by atoms with Crippen LogP contribution in [0.5, 0.6) is 5.75 Å². The van der Waals surface area contributed by atoms with Gasteiger partial charge in [-0.15, -0.1) is 0 Å². The van der Waals surface area contributed by atoms with Crippen molar-refractivity contribution >= 4 is 15.9 Å². The summed E-state index contributed by atoms with van der Waals surface area (Å²) in [5, 5.41) is 2.64. The molecule has 6 nitrogen and oxygen atoms in total. The molecule has 0 aliphatic carbocycles. The Bertz CT molecular complexity index is 877. The van der Waals surface area contributed by atoms with Gasteiger partial charge < -0.3 is 10.1 Å². The number of rotatable bonds is 9. The number of carbonyl (C=O) groups is 1. The second kappa shape index (κ2) is 9.53. The average Bonchev–Trinajstić information content (AvgIpc) is 2.64. The summed E-state index contributed by atoms with van der Waals surface area (Å²) in [5.74, 6) is 0.355. The van der Waals surface area contributed by atoms with Crippen LogP contribution in [0.15, 0.2) is 47.4 Å². The summed E-state index contributed by atoms with van der Waals surface area (Å²) < 4.78 is 32.4. The lowest BCUT2D eigenvalue weighted by molar-refractivity contribution is -0.123. The molecule has 0 unspecified atom stereocenters. The largest absolute Gasteiger partial charge is 0.484 e. The van der Waals surface area contributed by atoms with Gasteiger partial charge in [-0.3, -0.25) is 4.79 Å². The van der Waals surface area contributed by atoms with Crippen molar-refractivity contribution < 1.29 is 17.9 Å². The third kappa shape index (κ3) is 6.37. The molecule has 0 radical (unpaired) electrons. The minimum absolute atomic E-state index is 0.104. The Balaban J connectivity index is 1.74. The minimum atomic E-state index is -3.58. The monoisotopic (exact) mass is 390 g/mol. The quantitative estimate of drug-likeness (QED) is 0.644. The average molecular weight is 391 g/mol. The fourth-order valence-corrected chi connectivity index (χ4v) is 3.56. The Labute approximate surface area is 161 Å². The van der Waals surface area contributed by atoms with Gasteiger partial charge in [0.2, 0.25) is 10.0 Å². The Morgan fingerprint density at radius 2 is 1.74 bits per heavy atom. The molecule has 0 saturated heterocycles. The van der Waals surface area contributed by atoms with Crippen molar-refractivity contribution in [1.29, 1.82) is 0 Å². The van der Waals surface area contributed by atoms with Gasteiger partial charge in [-0.25, -0.2) is 13.1 Å². The lowest BCUT2D eigenvalue weighted by Gasteiger charge is -2.11. The number of aryl methyl sites for hydroxylation is 3. The number of carbonyl (C=O) groups excluding carboxylic acids is 1. The van der Waals surface area contributed by atoms with Gasteiger partial charge in [0.05, 0.1) is 4.90 Å². The predicted octanol–water partition coefficient (Wildman–Crippen LogP) is 2.34. The maximum atomic E-state index is 12.2. The Morgan fingerprint density at radius 1 is 1.04 bits per heavy atom. The van der Waals surface area contributed by atoms with E-state index in [1.807, 2.05) is 39.0 Å². The summed E-state index contributed by atoms with van der Waals surface area (Å²) in [6.07, 6.45) is 0.851. The second-order valence-electron chi connectivity index (χ2n) is 6.30. The molecule has 2 aromatic carbocycles. The van der Waals surface area contributed by atoms with Crippen LogP contribution in [-0.2, 0) is 21.2 Å². The molecular formula is C20H26N2O4S.